The molecule has 4 heteroatoms. The fourth-order valence-corrected chi connectivity index (χ4v) is 2.97. The first kappa shape index (κ1) is 14.3. The Morgan fingerprint density at radius 3 is 2.08 bits per heavy atom. The van der Waals surface area contributed by atoms with Crippen LogP contribution in [0.4, 0.5) is 5.69 Å². The zero-order chi connectivity index (χ0) is 16.7. The molecule has 1 aliphatic rings. The number of rotatable bonds is 2. The summed E-state index contributed by atoms with van der Waals surface area (Å²) < 4.78 is 0. The quantitative estimate of drug-likeness (QED) is 0.675. The maximum absolute atomic E-state index is 12.8. The van der Waals surface area contributed by atoms with E-state index in [1.54, 1.807) is 30.5 Å². The van der Waals surface area contributed by atoms with E-state index in [0.717, 1.165) is 16.8 Å². The van der Waals surface area contributed by atoms with Gasteiger partial charge >= 0.3 is 0 Å². The first-order valence-electron chi connectivity index (χ1n) is 7.66. The standard InChI is InChI=1S/C20H14N2O2/c1-13-9-10-16(17-8-4-5-11-21-17)18(12-13)22-19(23)14-6-2-3-7-15(14)20(22)24/h2-12H,1H3. The summed E-state index contributed by atoms with van der Waals surface area (Å²) in [5.74, 6) is -0.586. The molecule has 0 N–H and O–H groups in total. The molecule has 116 valence electrons. The molecule has 4 nitrogen and oxygen atoms in total. The largest absolute Gasteiger partial charge is 0.268 e. The number of carbonyl (C=O) groups is 2. The smallest absolute Gasteiger partial charge is 0.266 e. The van der Waals surface area contributed by atoms with Crippen LogP contribution in [0.15, 0.2) is 66.9 Å². The molecule has 0 saturated heterocycles. The molecule has 0 radical (unpaired) electrons. The number of amides is 2. The minimum atomic E-state index is -0.293. The second kappa shape index (κ2) is 5.42. The number of anilines is 1. The van der Waals surface area contributed by atoms with Crippen molar-refractivity contribution in [3.05, 3.63) is 83.6 Å². The predicted octanol–water partition coefficient (Wildman–Crippen LogP) is 3.86. The Balaban J connectivity index is 1.91. The van der Waals surface area contributed by atoms with Gasteiger partial charge in [-0.3, -0.25) is 14.6 Å². The van der Waals surface area contributed by atoms with Crippen LogP contribution in [0.2, 0.25) is 0 Å². The normalized spacial score (nSPS) is 13.3. The zero-order valence-electron chi connectivity index (χ0n) is 13.1. The highest BCUT2D eigenvalue weighted by molar-refractivity contribution is 6.35. The van der Waals surface area contributed by atoms with Crippen LogP contribution in [0.1, 0.15) is 26.3 Å². The molecule has 0 atom stereocenters. The number of aromatic nitrogens is 1. The Labute approximate surface area is 139 Å². The minimum absolute atomic E-state index is 0.293. The van der Waals surface area contributed by atoms with Crippen molar-refractivity contribution in [3.8, 4) is 11.3 Å². The zero-order valence-corrected chi connectivity index (χ0v) is 13.1. The molecule has 0 saturated carbocycles. The van der Waals surface area contributed by atoms with Gasteiger partial charge in [-0.15, -0.1) is 0 Å². The molecule has 2 heterocycles. The Morgan fingerprint density at radius 1 is 0.792 bits per heavy atom. The number of pyridine rings is 1. The van der Waals surface area contributed by atoms with Gasteiger partial charge in [-0.05, 0) is 42.8 Å². The first-order chi connectivity index (χ1) is 11.7. The maximum Gasteiger partial charge on any atom is 0.266 e. The Kier molecular flexibility index (Phi) is 3.24. The van der Waals surface area contributed by atoms with Crippen molar-refractivity contribution in [1.82, 2.24) is 4.98 Å². The van der Waals surface area contributed by atoms with Crippen molar-refractivity contribution in [2.45, 2.75) is 6.92 Å². The third-order valence-electron chi connectivity index (χ3n) is 4.13. The lowest BCUT2D eigenvalue weighted by atomic mass is 10.0. The monoisotopic (exact) mass is 314 g/mol. The van der Waals surface area contributed by atoms with Crippen LogP contribution in [-0.4, -0.2) is 16.8 Å². The van der Waals surface area contributed by atoms with Gasteiger partial charge in [-0.2, -0.15) is 0 Å². The molecular weight excluding hydrogens is 300 g/mol. The highest BCUT2D eigenvalue weighted by atomic mass is 16.2. The molecular formula is C20H14N2O2. The summed E-state index contributed by atoms with van der Waals surface area (Å²) in [5.41, 5.74) is 3.91. The second-order valence-electron chi connectivity index (χ2n) is 5.73. The van der Waals surface area contributed by atoms with Crippen LogP contribution in [0.3, 0.4) is 0 Å². The number of hydrogen-bond acceptors (Lipinski definition) is 3. The van der Waals surface area contributed by atoms with Gasteiger partial charge in [0.1, 0.15) is 0 Å². The van der Waals surface area contributed by atoms with Crippen molar-refractivity contribution in [2.75, 3.05) is 4.90 Å². The molecule has 3 aromatic rings. The molecule has 2 amide bonds. The van der Waals surface area contributed by atoms with Crippen molar-refractivity contribution in [3.63, 3.8) is 0 Å². The number of aryl methyl sites for hydroxylation is 1. The molecule has 2 aromatic carbocycles. The number of hydrogen-bond donors (Lipinski definition) is 0. The van der Waals surface area contributed by atoms with E-state index < -0.39 is 0 Å². The number of benzene rings is 2. The topological polar surface area (TPSA) is 50.3 Å². The van der Waals surface area contributed by atoms with Gasteiger partial charge in [0.25, 0.3) is 11.8 Å². The van der Waals surface area contributed by atoms with Crippen molar-refractivity contribution < 1.29 is 9.59 Å². The van der Waals surface area contributed by atoms with Gasteiger partial charge in [0.2, 0.25) is 0 Å². The molecule has 1 aromatic heterocycles. The Bertz CT molecular complexity index is 929. The number of imide groups is 1. The summed E-state index contributed by atoms with van der Waals surface area (Å²) in [5, 5.41) is 0. The van der Waals surface area contributed by atoms with E-state index in [9.17, 15) is 9.59 Å². The van der Waals surface area contributed by atoms with E-state index in [4.69, 9.17) is 0 Å². The predicted molar refractivity (Wildman–Crippen MR) is 92.0 cm³/mol. The summed E-state index contributed by atoms with van der Waals surface area (Å²) in [7, 11) is 0. The van der Waals surface area contributed by atoms with Gasteiger partial charge in [0.05, 0.1) is 22.5 Å². The highest BCUT2D eigenvalue weighted by Crippen LogP contribution is 2.35. The minimum Gasteiger partial charge on any atom is -0.268 e. The molecule has 0 unspecified atom stereocenters. The van der Waals surface area contributed by atoms with Crippen molar-refractivity contribution in [2.24, 2.45) is 0 Å². The molecule has 1 aliphatic heterocycles. The molecule has 0 spiro atoms. The highest BCUT2D eigenvalue weighted by Gasteiger charge is 2.37. The first-order valence-corrected chi connectivity index (χ1v) is 7.66. The van der Waals surface area contributed by atoms with Crippen LogP contribution in [0, 0.1) is 6.92 Å². The molecule has 0 bridgehead atoms. The lowest BCUT2D eigenvalue weighted by Crippen LogP contribution is -2.30. The van der Waals surface area contributed by atoms with Gasteiger partial charge in [-0.1, -0.05) is 30.3 Å². The third-order valence-corrected chi connectivity index (χ3v) is 4.13. The van der Waals surface area contributed by atoms with E-state index >= 15 is 0 Å². The van der Waals surface area contributed by atoms with Gasteiger partial charge < -0.3 is 0 Å². The maximum atomic E-state index is 12.8. The third kappa shape index (κ3) is 2.12. The lowest BCUT2D eigenvalue weighted by Gasteiger charge is -2.18. The SMILES string of the molecule is Cc1ccc(-c2ccccn2)c(N2C(=O)c3ccccc3C2=O)c1. The van der Waals surface area contributed by atoms with Crippen molar-refractivity contribution >= 4 is 17.5 Å². The van der Waals surface area contributed by atoms with Gasteiger partial charge in [0.15, 0.2) is 0 Å². The van der Waals surface area contributed by atoms with Crippen LogP contribution in [0.25, 0.3) is 11.3 Å². The average molecular weight is 314 g/mol. The summed E-state index contributed by atoms with van der Waals surface area (Å²) in [6.07, 6.45) is 1.70. The van der Waals surface area contributed by atoms with Gasteiger partial charge in [-0.25, -0.2) is 4.90 Å². The van der Waals surface area contributed by atoms with Crippen molar-refractivity contribution in [1.29, 1.82) is 0 Å². The van der Waals surface area contributed by atoms with Crippen LogP contribution in [-0.2, 0) is 0 Å². The molecule has 24 heavy (non-hydrogen) atoms. The van der Waals surface area contributed by atoms with E-state index in [0.29, 0.717) is 16.8 Å². The number of carbonyl (C=O) groups excluding carboxylic acids is 2. The molecule has 0 aliphatic carbocycles. The van der Waals surface area contributed by atoms with Crippen LogP contribution >= 0.6 is 0 Å². The van der Waals surface area contributed by atoms with Gasteiger partial charge in [0, 0.05) is 11.8 Å². The Hall–Kier alpha value is -3.27. The summed E-state index contributed by atoms with van der Waals surface area (Å²) >= 11 is 0. The lowest BCUT2D eigenvalue weighted by molar-refractivity contribution is 0.0926. The van der Waals surface area contributed by atoms with E-state index in [1.807, 2.05) is 43.3 Å². The molecule has 4 rings (SSSR count). The number of nitrogens with zero attached hydrogens (tertiary/aromatic N) is 2. The second-order valence-corrected chi connectivity index (χ2v) is 5.73. The Morgan fingerprint density at radius 2 is 1.46 bits per heavy atom. The van der Waals surface area contributed by atoms with E-state index in [2.05, 4.69) is 4.98 Å². The summed E-state index contributed by atoms with van der Waals surface area (Å²) in [6.45, 7) is 1.93. The fourth-order valence-electron chi connectivity index (χ4n) is 2.97. The number of fused-ring (bicyclic) bond motifs is 1. The van der Waals surface area contributed by atoms with Crippen LogP contribution in [0.5, 0.6) is 0 Å². The van der Waals surface area contributed by atoms with Crippen LogP contribution < -0.4 is 4.90 Å². The fraction of sp³-hybridized carbons (Fsp3) is 0.0500. The summed E-state index contributed by atoms with van der Waals surface area (Å²) in [6, 6.07) is 18.2. The molecule has 0 fully saturated rings. The summed E-state index contributed by atoms with van der Waals surface area (Å²) in [4.78, 5) is 31.2. The van der Waals surface area contributed by atoms with E-state index in [-0.39, 0.29) is 11.8 Å². The average Bonchev–Trinajstić information content (AvgIpc) is 2.87. The van der Waals surface area contributed by atoms with E-state index in [1.165, 1.54) is 4.90 Å².